The Balaban J connectivity index is 0.000000983. The van der Waals surface area contributed by atoms with Gasteiger partial charge < -0.3 is 25.6 Å². The number of alkyl halides is 1. The standard InChI is InChI=1S/C23H23FN8O3.C2H4O2/c1-34-17-8-5-15(13-18(17)35-12-9-24)19(29-16-6-3-14(4-7-16)20(25)26)21-30-23(33)32(31-21)22-27-10-2-11-28-22;1-2(3)4/h2-8,10-11,13,19,29H,9,12H2,1H3,(H3,25,26)(H,30,31,33);1H3,(H,3,4). The molecule has 0 radical (unpaired) electrons. The lowest BCUT2D eigenvalue weighted by molar-refractivity contribution is -0.134. The number of nitrogen functional groups attached to an aromatic ring is 1. The van der Waals surface area contributed by atoms with E-state index in [4.69, 9.17) is 30.5 Å². The number of aliphatic carboxylic acids is 1. The van der Waals surface area contributed by atoms with Crippen molar-refractivity contribution < 1.29 is 23.8 Å². The van der Waals surface area contributed by atoms with Crippen molar-refractivity contribution in [1.82, 2.24) is 24.7 Å². The molecule has 6 N–H and O–H groups in total. The number of H-pyrrole nitrogens is 1. The SMILES string of the molecule is CC(=O)O.COc1ccc(C(Nc2ccc(C(=N)N)cc2)c2nn(-c3ncccn3)c(=O)[nH]2)cc1OCCF. The minimum atomic E-state index is -0.833. The van der Waals surface area contributed by atoms with Crippen LogP contribution in [0.15, 0.2) is 65.7 Å². The predicted molar refractivity (Wildman–Crippen MR) is 140 cm³/mol. The maximum absolute atomic E-state index is 12.8. The third kappa shape index (κ3) is 7.61. The van der Waals surface area contributed by atoms with E-state index in [0.717, 1.165) is 11.6 Å². The highest BCUT2D eigenvalue weighted by Gasteiger charge is 2.22. The molecule has 14 heteroatoms. The van der Waals surface area contributed by atoms with Gasteiger partial charge in [-0.2, -0.15) is 0 Å². The highest BCUT2D eigenvalue weighted by Crippen LogP contribution is 2.33. The van der Waals surface area contributed by atoms with Gasteiger partial charge >= 0.3 is 5.69 Å². The smallest absolute Gasteiger partial charge is 0.350 e. The number of aromatic amines is 1. The number of carboxylic acid groups (broad SMARTS) is 1. The maximum Gasteiger partial charge on any atom is 0.350 e. The molecule has 4 aromatic rings. The summed E-state index contributed by atoms with van der Waals surface area (Å²) in [5, 5.41) is 22.7. The molecule has 0 bridgehead atoms. The van der Waals surface area contributed by atoms with Gasteiger partial charge in [0.15, 0.2) is 17.3 Å². The van der Waals surface area contributed by atoms with Crippen LogP contribution in [0.5, 0.6) is 11.5 Å². The van der Waals surface area contributed by atoms with Crippen LogP contribution < -0.4 is 26.2 Å². The first-order valence-corrected chi connectivity index (χ1v) is 11.5. The lowest BCUT2D eigenvalue weighted by Crippen LogP contribution is -2.18. The number of nitrogens with one attached hydrogen (secondary N) is 3. The van der Waals surface area contributed by atoms with Gasteiger partial charge in [0.05, 0.1) is 7.11 Å². The van der Waals surface area contributed by atoms with Gasteiger partial charge in [-0.15, -0.1) is 9.78 Å². The van der Waals surface area contributed by atoms with Crippen molar-refractivity contribution in [3.05, 3.63) is 88.4 Å². The molecule has 0 saturated heterocycles. The summed E-state index contributed by atoms with van der Waals surface area (Å²) >= 11 is 0. The van der Waals surface area contributed by atoms with E-state index in [0.29, 0.717) is 28.3 Å². The van der Waals surface area contributed by atoms with E-state index < -0.39 is 24.4 Å². The average molecular weight is 539 g/mol. The van der Waals surface area contributed by atoms with Gasteiger partial charge in [-0.1, -0.05) is 6.07 Å². The number of hydrogen-bond acceptors (Lipinski definition) is 9. The molecule has 13 nitrogen and oxygen atoms in total. The Labute approximate surface area is 222 Å². The number of methoxy groups -OCH3 is 1. The number of nitrogens with two attached hydrogens (primary N) is 1. The normalized spacial score (nSPS) is 11.1. The molecule has 0 aliphatic heterocycles. The Kier molecular flexibility index (Phi) is 9.67. The average Bonchev–Trinajstić information content (AvgIpc) is 3.32. The highest BCUT2D eigenvalue weighted by atomic mass is 19.1. The number of halogens is 1. The summed E-state index contributed by atoms with van der Waals surface area (Å²) in [5.41, 5.74) is 6.93. The number of carbonyl (C=O) groups is 1. The quantitative estimate of drug-likeness (QED) is 0.148. The summed E-state index contributed by atoms with van der Waals surface area (Å²) in [6.07, 6.45) is 3.01. The lowest BCUT2D eigenvalue weighted by atomic mass is 10.0. The van der Waals surface area contributed by atoms with Crippen LogP contribution in [0, 0.1) is 5.41 Å². The molecule has 204 valence electrons. The van der Waals surface area contributed by atoms with E-state index in [9.17, 15) is 9.18 Å². The molecule has 2 aromatic carbocycles. The van der Waals surface area contributed by atoms with E-state index in [1.807, 2.05) is 0 Å². The fraction of sp³-hybridized carbons (Fsp3) is 0.200. The minimum absolute atomic E-state index is 0.0520. The second-order valence-corrected chi connectivity index (χ2v) is 7.81. The van der Waals surface area contributed by atoms with Gasteiger partial charge in [0.25, 0.3) is 11.9 Å². The van der Waals surface area contributed by atoms with Crippen LogP contribution in [-0.2, 0) is 4.79 Å². The number of carboxylic acids is 1. The molecule has 2 heterocycles. The van der Waals surface area contributed by atoms with Gasteiger partial charge in [-0.05, 0) is 48.0 Å². The van der Waals surface area contributed by atoms with Crippen LogP contribution in [-0.4, -0.2) is 62.0 Å². The number of rotatable bonds is 10. The number of benzene rings is 2. The third-order valence-electron chi connectivity index (χ3n) is 5.01. The summed E-state index contributed by atoms with van der Waals surface area (Å²) in [4.78, 5) is 32.6. The molecule has 1 atom stereocenters. The number of anilines is 1. The fourth-order valence-corrected chi connectivity index (χ4v) is 3.36. The summed E-state index contributed by atoms with van der Waals surface area (Å²) in [6, 6.07) is 13.0. The van der Waals surface area contributed by atoms with Gasteiger partial charge in [-0.25, -0.2) is 19.2 Å². The van der Waals surface area contributed by atoms with Crippen molar-refractivity contribution in [2.24, 2.45) is 5.73 Å². The molecule has 0 fully saturated rings. The van der Waals surface area contributed by atoms with Crippen molar-refractivity contribution >= 4 is 17.5 Å². The van der Waals surface area contributed by atoms with Crippen molar-refractivity contribution in [2.75, 3.05) is 25.7 Å². The van der Waals surface area contributed by atoms with Crippen LogP contribution in [0.1, 0.15) is 29.9 Å². The molecular formula is C25H27FN8O5. The van der Waals surface area contributed by atoms with E-state index in [1.165, 1.54) is 19.5 Å². The molecule has 0 aliphatic carbocycles. The molecule has 0 aliphatic rings. The number of nitrogens with zero attached hydrogens (tertiary/aromatic N) is 4. The Bertz CT molecular complexity index is 1450. The summed E-state index contributed by atoms with van der Waals surface area (Å²) in [7, 11) is 1.49. The zero-order chi connectivity index (χ0) is 28.4. The number of hydrogen-bond donors (Lipinski definition) is 5. The number of ether oxygens (including phenoxy) is 2. The first-order valence-electron chi connectivity index (χ1n) is 11.5. The van der Waals surface area contributed by atoms with Crippen LogP contribution in [0.2, 0.25) is 0 Å². The molecule has 39 heavy (non-hydrogen) atoms. The molecule has 0 amide bonds. The highest BCUT2D eigenvalue weighted by molar-refractivity contribution is 5.95. The number of amidine groups is 1. The van der Waals surface area contributed by atoms with Gasteiger partial charge in [0, 0.05) is 30.6 Å². The van der Waals surface area contributed by atoms with Crippen molar-refractivity contribution in [3.8, 4) is 17.4 Å². The lowest BCUT2D eigenvalue weighted by Gasteiger charge is -2.20. The van der Waals surface area contributed by atoms with Gasteiger partial charge in [0.2, 0.25) is 0 Å². The minimum Gasteiger partial charge on any atom is -0.493 e. The van der Waals surface area contributed by atoms with Crippen molar-refractivity contribution in [3.63, 3.8) is 0 Å². The monoisotopic (exact) mass is 538 g/mol. The fourth-order valence-electron chi connectivity index (χ4n) is 3.36. The van der Waals surface area contributed by atoms with Crippen LogP contribution in [0.25, 0.3) is 5.95 Å². The zero-order valence-electron chi connectivity index (χ0n) is 21.1. The Morgan fingerprint density at radius 1 is 1.21 bits per heavy atom. The van der Waals surface area contributed by atoms with Crippen LogP contribution >= 0.6 is 0 Å². The Morgan fingerprint density at radius 2 is 1.87 bits per heavy atom. The van der Waals surface area contributed by atoms with Crippen molar-refractivity contribution in [1.29, 1.82) is 5.41 Å². The van der Waals surface area contributed by atoms with Crippen molar-refractivity contribution in [2.45, 2.75) is 13.0 Å². The predicted octanol–water partition coefficient (Wildman–Crippen LogP) is 2.28. The largest absolute Gasteiger partial charge is 0.493 e. The Morgan fingerprint density at radius 3 is 2.46 bits per heavy atom. The van der Waals surface area contributed by atoms with E-state index in [2.05, 4.69) is 25.4 Å². The summed E-state index contributed by atoms with van der Waals surface area (Å²) in [6.45, 7) is 0.285. The molecular weight excluding hydrogens is 511 g/mol. The first-order chi connectivity index (χ1) is 18.7. The number of aromatic nitrogens is 5. The molecule has 1 unspecified atom stereocenters. The van der Waals surface area contributed by atoms with Gasteiger partial charge in [0.1, 0.15) is 25.2 Å². The second kappa shape index (κ2) is 13.3. The van der Waals surface area contributed by atoms with E-state index in [1.54, 1.807) is 48.5 Å². The summed E-state index contributed by atoms with van der Waals surface area (Å²) in [5.74, 6) is 0.285. The van der Waals surface area contributed by atoms with Gasteiger partial charge in [-0.3, -0.25) is 15.2 Å². The first kappa shape index (κ1) is 28.3. The van der Waals surface area contributed by atoms with E-state index >= 15 is 0 Å². The molecule has 2 aromatic heterocycles. The molecule has 0 spiro atoms. The zero-order valence-corrected chi connectivity index (χ0v) is 21.1. The van der Waals surface area contributed by atoms with Crippen LogP contribution in [0.3, 0.4) is 0 Å². The maximum atomic E-state index is 12.8. The van der Waals surface area contributed by atoms with Crippen LogP contribution in [0.4, 0.5) is 10.1 Å². The third-order valence-corrected chi connectivity index (χ3v) is 5.01. The molecule has 4 rings (SSSR count). The molecule has 0 saturated carbocycles. The topological polar surface area (TPSA) is 194 Å². The summed E-state index contributed by atoms with van der Waals surface area (Å²) < 4.78 is 24.7. The second-order valence-electron chi connectivity index (χ2n) is 7.81. The Hall–Kier alpha value is -5.27. The van der Waals surface area contributed by atoms with E-state index in [-0.39, 0.29) is 24.2 Å².